The third kappa shape index (κ3) is 2.36. The number of carbonyl (C=O) groups excluding carboxylic acids is 1. The van der Waals surface area contributed by atoms with Crippen molar-refractivity contribution in [2.75, 3.05) is 0 Å². The number of rotatable bonds is 3. The second-order valence-electron chi connectivity index (χ2n) is 6.84. The molecule has 1 amide bonds. The Bertz CT molecular complexity index is 714. The molecule has 2 aliphatic rings. The highest BCUT2D eigenvalue weighted by Gasteiger charge is 2.42. The Balaban J connectivity index is 1.48. The summed E-state index contributed by atoms with van der Waals surface area (Å²) in [5.41, 5.74) is 2.00. The van der Waals surface area contributed by atoms with Crippen molar-refractivity contribution in [3.63, 3.8) is 0 Å². The van der Waals surface area contributed by atoms with E-state index < -0.39 is 0 Å². The molecule has 4 heteroatoms. The van der Waals surface area contributed by atoms with E-state index in [9.17, 15) is 4.79 Å². The zero-order chi connectivity index (χ0) is 15.1. The molecule has 4 atom stereocenters. The van der Waals surface area contributed by atoms with E-state index in [1.807, 2.05) is 24.3 Å². The number of fused-ring (bicyclic) bond motifs is 3. The van der Waals surface area contributed by atoms with Gasteiger partial charge in [0, 0.05) is 6.04 Å². The fraction of sp³-hybridized carbons (Fsp3) is 0.500. The van der Waals surface area contributed by atoms with Gasteiger partial charge in [0.05, 0.1) is 17.2 Å². The van der Waals surface area contributed by atoms with Crippen LogP contribution in [0.15, 0.2) is 30.5 Å². The van der Waals surface area contributed by atoms with Crippen LogP contribution in [0.25, 0.3) is 11.0 Å². The van der Waals surface area contributed by atoms with Crippen molar-refractivity contribution in [1.29, 1.82) is 0 Å². The highest BCUT2D eigenvalue weighted by Crippen LogP contribution is 2.49. The minimum absolute atomic E-state index is 0.103. The van der Waals surface area contributed by atoms with Crippen LogP contribution in [0.1, 0.15) is 43.1 Å². The summed E-state index contributed by atoms with van der Waals surface area (Å²) in [4.78, 5) is 21.2. The van der Waals surface area contributed by atoms with Crippen LogP contribution in [0.3, 0.4) is 0 Å². The molecule has 1 heterocycles. The molecule has 2 saturated carbocycles. The predicted molar refractivity (Wildman–Crippen MR) is 85.4 cm³/mol. The zero-order valence-corrected chi connectivity index (χ0v) is 12.8. The Morgan fingerprint density at radius 1 is 1.23 bits per heavy atom. The first-order valence-electron chi connectivity index (χ1n) is 8.23. The summed E-state index contributed by atoms with van der Waals surface area (Å²) in [5, 5.41) is 3.15. The molecular weight excluding hydrogens is 274 g/mol. The molecule has 1 aromatic carbocycles. The lowest BCUT2D eigenvalue weighted by Crippen LogP contribution is -2.40. The zero-order valence-electron chi connectivity index (χ0n) is 12.8. The van der Waals surface area contributed by atoms with Gasteiger partial charge in [-0.25, -0.2) is 4.98 Å². The first-order chi connectivity index (χ1) is 10.7. The minimum atomic E-state index is -0.103. The van der Waals surface area contributed by atoms with Crippen molar-refractivity contribution in [3.05, 3.63) is 36.2 Å². The Labute approximate surface area is 130 Å². The molecule has 0 radical (unpaired) electrons. The summed E-state index contributed by atoms with van der Waals surface area (Å²) in [6.45, 7) is 2.14. The van der Waals surface area contributed by atoms with Gasteiger partial charge in [0.1, 0.15) is 5.69 Å². The van der Waals surface area contributed by atoms with Crippen LogP contribution in [0, 0.1) is 17.8 Å². The monoisotopic (exact) mass is 295 g/mol. The number of nitrogens with zero attached hydrogens (tertiary/aromatic N) is 2. The van der Waals surface area contributed by atoms with Gasteiger partial charge in [0.15, 0.2) is 0 Å². The molecule has 2 bridgehead atoms. The fourth-order valence-electron chi connectivity index (χ4n) is 4.36. The van der Waals surface area contributed by atoms with Gasteiger partial charge in [-0.1, -0.05) is 18.6 Å². The normalized spacial score (nSPS) is 28.0. The first kappa shape index (κ1) is 13.7. The van der Waals surface area contributed by atoms with Crippen molar-refractivity contribution in [2.45, 2.75) is 38.6 Å². The molecule has 1 N–H and O–H groups in total. The fourth-order valence-corrected chi connectivity index (χ4v) is 4.36. The summed E-state index contributed by atoms with van der Waals surface area (Å²) in [6.07, 6.45) is 6.94. The molecule has 4 rings (SSSR count). The number of para-hydroxylation sites is 2. The largest absolute Gasteiger partial charge is 0.348 e. The number of benzene rings is 1. The molecule has 22 heavy (non-hydrogen) atoms. The van der Waals surface area contributed by atoms with Gasteiger partial charge in [-0.3, -0.25) is 9.78 Å². The van der Waals surface area contributed by atoms with Gasteiger partial charge in [-0.05, 0) is 56.1 Å². The van der Waals surface area contributed by atoms with Crippen molar-refractivity contribution >= 4 is 16.9 Å². The molecule has 114 valence electrons. The van der Waals surface area contributed by atoms with Crippen molar-refractivity contribution in [3.8, 4) is 0 Å². The maximum atomic E-state index is 12.4. The van der Waals surface area contributed by atoms with Gasteiger partial charge in [-0.15, -0.1) is 0 Å². The van der Waals surface area contributed by atoms with E-state index >= 15 is 0 Å². The van der Waals surface area contributed by atoms with Crippen LogP contribution in [0.5, 0.6) is 0 Å². The third-order valence-electron chi connectivity index (χ3n) is 5.47. The highest BCUT2D eigenvalue weighted by atomic mass is 16.1. The first-order valence-corrected chi connectivity index (χ1v) is 8.23. The number of carbonyl (C=O) groups is 1. The lowest BCUT2D eigenvalue weighted by molar-refractivity contribution is 0.0910. The SMILES string of the molecule is CC(NC(=O)c1cnc2ccccc2n1)C1CC2CCC1C2. The standard InChI is InChI=1S/C18H21N3O/c1-11(14-9-12-6-7-13(14)8-12)20-18(22)17-10-19-15-4-2-3-5-16(15)21-17/h2-5,10-14H,6-9H2,1H3,(H,20,22). The minimum Gasteiger partial charge on any atom is -0.348 e. The molecular formula is C18H21N3O. The van der Waals surface area contributed by atoms with E-state index in [2.05, 4.69) is 22.2 Å². The molecule has 0 saturated heterocycles. The molecule has 1 aromatic heterocycles. The summed E-state index contributed by atoms with van der Waals surface area (Å²) in [6, 6.07) is 7.85. The van der Waals surface area contributed by atoms with Gasteiger partial charge < -0.3 is 5.32 Å². The molecule has 4 nitrogen and oxygen atoms in total. The number of nitrogens with one attached hydrogen (secondary N) is 1. The van der Waals surface area contributed by atoms with Gasteiger partial charge in [0.25, 0.3) is 5.91 Å². The number of hydrogen-bond donors (Lipinski definition) is 1. The van der Waals surface area contributed by atoms with Crippen LogP contribution in [0.2, 0.25) is 0 Å². The van der Waals surface area contributed by atoms with Crippen LogP contribution >= 0.6 is 0 Å². The average Bonchev–Trinajstić information content (AvgIpc) is 3.17. The van der Waals surface area contributed by atoms with Crippen LogP contribution in [-0.4, -0.2) is 21.9 Å². The Morgan fingerprint density at radius 3 is 2.77 bits per heavy atom. The smallest absolute Gasteiger partial charge is 0.271 e. The summed E-state index contributed by atoms with van der Waals surface area (Å²) in [7, 11) is 0. The van der Waals surface area contributed by atoms with E-state index in [1.165, 1.54) is 25.7 Å². The van der Waals surface area contributed by atoms with E-state index in [4.69, 9.17) is 0 Å². The third-order valence-corrected chi connectivity index (χ3v) is 5.47. The molecule has 0 aliphatic heterocycles. The lowest BCUT2D eigenvalue weighted by atomic mass is 9.84. The molecule has 2 aliphatic carbocycles. The van der Waals surface area contributed by atoms with E-state index in [0.717, 1.165) is 22.9 Å². The van der Waals surface area contributed by atoms with Crippen molar-refractivity contribution in [1.82, 2.24) is 15.3 Å². The summed E-state index contributed by atoms with van der Waals surface area (Å²) < 4.78 is 0. The topological polar surface area (TPSA) is 54.9 Å². The van der Waals surface area contributed by atoms with Gasteiger partial charge in [0.2, 0.25) is 0 Å². The predicted octanol–water partition coefficient (Wildman–Crippen LogP) is 3.18. The Morgan fingerprint density at radius 2 is 2.05 bits per heavy atom. The van der Waals surface area contributed by atoms with Crippen LogP contribution in [0.4, 0.5) is 0 Å². The summed E-state index contributed by atoms with van der Waals surface area (Å²) >= 11 is 0. The van der Waals surface area contributed by atoms with E-state index in [1.54, 1.807) is 6.20 Å². The van der Waals surface area contributed by atoms with Gasteiger partial charge in [-0.2, -0.15) is 0 Å². The van der Waals surface area contributed by atoms with E-state index in [-0.39, 0.29) is 11.9 Å². The molecule has 0 spiro atoms. The highest BCUT2D eigenvalue weighted by molar-refractivity contribution is 5.93. The van der Waals surface area contributed by atoms with Crippen LogP contribution < -0.4 is 5.32 Å². The maximum Gasteiger partial charge on any atom is 0.271 e. The van der Waals surface area contributed by atoms with E-state index in [0.29, 0.717) is 11.6 Å². The van der Waals surface area contributed by atoms with Crippen molar-refractivity contribution < 1.29 is 4.79 Å². The molecule has 2 aromatic rings. The second kappa shape index (κ2) is 5.34. The maximum absolute atomic E-state index is 12.4. The Hall–Kier alpha value is -1.97. The average molecular weight is 295 g/mol. The van der Waals surface area contributed by atoms with Gasteiger partial charge >= 0.3 is 0 Å². The quantitative estimate of drug-likeness (QED) is 0.946. The molecule has 2 fully saturated rings. The number of amides is 1. The molecule has 4 unspecified atom stereocenters. The second-order valence-corrected chi connectivity index (χ2v) is 6.84. The summed E-state index contributed by atoms with van der Waals surface area (Å²) in [5.74, 6) is 2.24. The van der Waals surface area contributed by atoms with Crippen molar-refractivity contribution in [2.24, 2.45) is 17.8 Å². The van der Waals surface area contributed by atoms with Crippen LogP contribution in [-0.2, 0) is 0 Å². The Kier molecular flexibility index (Phi) is 3.32. The lowest BCUT2D eigenvalue weighted by Gasteiger charge is -2.28. The number of aromatic nitrogens is 2. The number of hydrogen-bond acceptors (Lipinski definition) is 3.